The molecule has 1 heterocycles. The van der Waals surface area contributed by atoms with Crippen molar-refractivity contribution >= 4 is 5.91 Å². The maximum Gasteiger partial charge on any atom is 0.220 e. The van der Waals surface area contributed by atoms with Crippen LogP contribution in [-0.4, -0.2) is 25.6 Å². The number of benzene rings is 1. The van der Waals surface area contributed by atoms with E-state index < -0.39 is 0 Å². The van der Waals surface area contributed by atoms with Crippen LogP contribution >= 0.6 is 0 Å². The minimum atomic E-state index is 0.0322. The molecule has 2 rings (SSSR count). The second kappa shape index (κ2) is 8.03. The van der Waals surface area contributed by atoms with Crippen molar-refractivity contribution in [1.82, 2.24) is 10.6 Å². The van der Waals surface area contributed by atoms with E-state index in [2.05, 4.69) is 10.6 Å². The molecular weight excluding hydrogens is 264 g/mol. The number of ether oxygens (including phenoxy) is 1. The van der Waals surface area contributed by atoms with E-state index in [-0.39, 0.29) is 11.9 Å². The lowest BCUT2D eigenvalue weighted by molar-refractivity contribution is -0.122. The number of hydrogen-bond acceptors (Lipinski definition) is 3. The Hall–Kier alpha value is -1.55. The molecule has 1 fully saturated rings. The lowest BCUT2D eigenvalue weighted by atomic mass is 9.95. The molecule has 2 atom stereocenters. The van der Waals surface area contributed by atoms with Crippen molar-refractivity contribution in [2.75, 3.05) is 19.7 Å². The standard InChI is InChI=1S/C17H26N2O2/c1-3-21-16-8-6-15(7-9-16)13(2)19-17(20)11-14-5-4-10-18-12-14/h6-9,13-14,18H,3-5,10-12H2,1-2H3,(H,19,20). The Kier molecular flexibility index (Phi) is 6.05. The van der Waals surface area contributed by atoms with Gasteiger partial charge in [0.05, 0.1) is 12.6 Å². The van der Waals surface area contributed by atoms with E-state index in [1.807, 2.05) is 38.1 Å². The van der Waals surface area contributed by atoms with Gasteiger partial charge in [-0.25, -0.2) is 0 Å². The van der Waals surface area contributed by atoms with E-state index in [1.54, 1.807) is 0 Å². The van der Waals surface area contributed by atoms with Gasteiger partial charge in [0, 0.05) is 6.42 Å². The van der Waals surface area contributed by atoms with Gasteiger partial charge in [0.2, 0.25) is 5.91 Å². The predicted molar refractivity (Wildman–Crippen MR) is 84.4 cm³/mol. The molecule has 0 spiro atoms. The molecule has 1 saturated heterocycles. The normalized spacial score (nSPS) is 19.8. The van der Waals surface area contributed by atoms with Crippen LogP contribution in [0.5, 0.6) is 5.75 Å². The number of piperidine rings is 1. The third-order valence-corrected chi connectivity index (χ3v) is 3.94. The number of carbonyl (C=O) groups is 1. The Bertz CT molecular complexity index is 439. The van der Waals surface area contributed by atoms with Crippen molar-refractivity contribution in [2.24, 2.45) is 5.92 Å². The summed E-state index contributed by atoms with van der Waals surface area (Å²) in [6.45, 7) is 6.70. The Labute approximate surface area is 127 Å². The number of rotatable bonds is 6. The molecule has 1 aromatic carbocycles. The predicted octanol–water partition coefficient (Wildman–Crippen LogP) is 2.65. The summed E-state index contributed by atoms with van der Waals surface area (Å²) in [7, 11) is 0. The van der Waals surface area contributed by atoms with Gasteiger partial charge in [0.25, 0.3) is 0 Å². The van der Waals surface area contributed by atoms with Gasteiger partial charge in [-0.2, -0.15) is 0 Å². The van der Waals surface area contributed by atoms with Crippen LogP contribution in [0.25, 0.3) is 0 Å². The van der Waals surface area contributed by atoms with Gasteiger partial charge in [-0.1, -0.05) is 12.1 Å². The first kappa shape index (κ1) is 15.8. The first-order valence-electron chi connectivity index (χ1n) is 7.92. The van der Waals surface area contributed by atoms with Crippen LogP contribution < -0.4 is 15.4 Å². The number of carbonyl (C=O) groups excluding carboxylic acids is 1. The summed E-state index contributed by atoms with van der Waals surface area (Å²) < 4.78 is 5.43. The van der Waals surface area contributed by atoms with Crippen LogP contribution in [0, 0.1) is 5.92 Å². The van der Waals surface area contributed by atoms with Gasteiger partial charge in [-0.15, -0.1) is 0 Å². The quantitative estimate of drug-likeness (QED) is 0.847. The van der Waals surface area contributed by atoms with Gasteiger partial charge in [0.1, 0.15) is 5.75 Å². The highest BCUT2D eigenvalue weighted by atomic mass is 16.5. The molecule has 1 amide bonds. The van der Waals surface area contributed by atoms with E-state index in [0.29, 0.717) is 18.9 Å². The van der Waals surface area contributed by atoms with Crippen molar-refractivity contribution in [2.45, 2.75) is 39.2 Å². The van der Waals surface area contributed by atoms with Gasteiger partial charge in [-0.05, 0) is 63.4 Å². The van der Waals surface area contributed by atoms with Crippen LogP contribution in [0.3, 0.4) is 0 Å². The summed E-state index contributed by atoms with van der Waals surface area (Å²) in [6, 6.07) is 7.96. The fourth-order valence-electron chi connectivity index (χ4n) is 2.76. The summed E-state index contributed by atoms with van der Waals surface area (Å²) in [5, 5.41) is 6.44. The lowest BCUT2D eigenvalue weighted by Gasteiger charge is -2.23. The van der Waals surface area contributed by atoms with Crippen LogP contribution in [0.2, 0.25) is 0 Å². The number of nitrogens with one attached hydrogen (secondary N) is 2. The molecule has 0 aliphatic carbocycles. The molecule has 2 N–H and O–H groups in total. The first-order valence-corrected chi connectivity index (χ1v) is 7.92. The Morgan fingerprint density at radius 1 is 1.43 bits per heavy atom. The van der Waals surface area contributed by atoms with Crippen molar-refractivity contribution in [3.63, 3.8) is 0 Å². The first-order chi connectivity index (χ1) is 10.2. The number of amides is 1. The SMILES string of the molecule is CCOc1ccc(C(C)NC(=O)CC2CCCNC2)cc1. The second-order valence-electron chi connectivity index (χ2n) is 5.71. The molecule has 21 heavy (non-hydrogen) atoms. The van der Waals surface area contributed by atoms with Gasteiger partial charge in [0.15, 0.2) is 0 Å². The Morgan fingerprint density at radius 3 is 2.81 bits per heavy atom. The minimum absolute atomic E-state index is 0.0322. The smallest absolute Gasteiger partial charge is 0.220 e. The molecule has 0 bridgehead atoms. The van der Waals surface area contributed by atoms with E-state index in [9.17, 15) is 4.79 Å². The summed E-state index contributed by atoms with van der Waals surface area (Å²) in [5.74, 6) is 1.49. The average molecular weight is 290 g/mol. The third kappa shape index (κ3) is 5.05. The van der Waals surface area contributed by atoms with Crippen molar-refractivity contribution in [3.05, 3.63) is 29.8 Å². The van der Waals surface area contributed by atoms with Crippen molar-refractivity contribution < 1.29 is 9.53 Å². The van der Waals surface area contributed by atoms with Crippen LogP contribution in [0.4, 0.5) is 0 Å². The zero-order valence-electron chi connectivity index (χ0n) is 13.0. The zero-order chi connectivity index (χ0) is 15.1. The molecule has 1 aliphatic heterocycles. The minimum Gasteiger partial charge on any atom is -0.494 e. The van der Waals surface area contributed by atoms with E-state index in [1.165, 1.54) is 6.42 Å². The maximum atomic E-state index is 12.1. The molecule has 0 saturated carbocycles. The molecule has 2 unspecified atom stereocenters. The molecule has 0 aromatic heterocycles. The summed E-state index contributed by atoms with van der Waals surface area (Å²) in [6.07, 6.45) is 2.94. The van der Waals surface area contributed by atoms with Gasteiger partial charge >= 0.3 is 0 Å². The van der Waals surface area contributed by atoms with E-state index >= 15 is 0 Å². The summed E-state index contributed by atoms with van der Waals surface area (Å²) in [4.78, 5) is 12.1. The molecule has 116 valence electrons. The highest BCUT2D eigenvalue weighted by molar-refractivity contribution is 5.76. The van der Waals surface area contributed by atoms with Gasteiger partial charge < -0.3 is 15.4 Å². The fraction of sp³-hybridized carbons (Fsp3) is 0.588. The average Bonchev–Trinajstić information content (AvgIpc) is 2.49. The topological polar surface area (TPSA) is 50.4 Å². The molecule has 1 aliphatic rings. The highest BCUT2D eigenvalue weighted by Gasteiger charge is 2.18. The maximum absolute atomic E-state index is 12.1. The van der Waals surface area contributed by atoms with Crippen LogP contribution in [0.15, 0.2) is 24.3 Å². The molecule has 4 nitrogen and oxygen atoms in total. The molecule has 4 heteroatoms. The third-order valence-electron chi connectivity index (χ3n) is 3.94. The largest absolute Gasteiger partial charge is 0.494 e. The van der Waals surface area contributed by atoms with Crippen LogP contribution in [0.1, 0.15) is 44.7 Å². The van der Waals surface area contributed by atoms with E-state index in [4.69, 9.17) is 4.74 Å². The lowest BCUT2D eigenvalue weighted by Crippen LogP contribution is -2.35. The Morgan fingerprint density at radius 2 is 2.19 bits per heavy atom. The second-order valence-corrected chi connectivity index (χ2v) is 5.71. The summed E-state index contributed by atoms with van der Waals surface area (Å²) >= 11 is 0. The highest BCUT2D eigenvalue weighted by Crippen LogP contribution is 2.19. The van der Waals surface area contributed by atoms with Crippen molar-refractivity contribution in [3.8, 4) is 5.75 Å². The summed E-state index contributed by atoms with van der Waals surface area (Å²) in [5.41, 5.74) is 1.11. The molecular formula is C17H26N2O2. The monoisotopic (exact) mass is 290 g/mol. The fourth-order valence-corrected chi connectivity index (χ4v) is 2.76. The zero-order valence-corrected chi connectivity index (χ0v) is 13.0. The number of hydrogen-bond donors (Lipinski definition) is 2. The van der Waals surface area contributed by atoms with Crippen molar-refractivity contribution in [1.29, 1.82) is 0 Å². The van der Waals surface area contributed by atoms with Gasteiger partial charge in [-0.3, -0.25) is 4.79 Å². The molecule has 1 aromatic rings. The van der Waals surface area contributed by atoms with Crippen LogP contribution in [-0.2, 0) is 4.79 Å². The molecule has 0 radical (unpaired) electrons. The Balaban J connectivity index is 1.82. The van der Waals surface area contributed by atoms with E-state index in [0.717, 1.165) is 30.8 Å².